The molecule has 1 aromatic heterocycles. The predicted octanol–water partition coefficient (Wildman–Crippen LogP) is 4.49. The third-order valence-electron chi connectivity index (χ3n) is 5.26. The van der Waals surface area contributed by atoms with Crippen LogP contribution in [0.15, 0.2) is 63.8 Å². The Labute approximate surface area is 169 Å². The van der Waals surface area contributed by atoms with E-state index in [1.54, 1.807) is 18.2 Å². The van der Waals surface area contributed by atoms with Crippen LogP contribution in [0.4, 0.5) is 0 Å². The fraction of sp³-hybridized carbons (Fsp3) is 0.333. The second kappa shape index (κ2) is 8.11. The number of hydrogen-bond acceptors (Lipinski definition) is 4. The van der Waals surface area contributed by atoms with Crippen molar-refractivity contribution in [1.82, 2.24) is 4.90 Å². The molecule has 0 N–H and O–H groups in total. The molecule has 2 aromatic carbocycles. The van der Waals surface area contributed by atoms with Gasteiger partial charge >= 0.3 is 5.63 Å². The van der Waals surface area contributed by atoms with Gasteiger partial charge < -0.3 is 14.1 Å². The molecule has 5 nitrogen and oxygen atoms in total. The standard InChI is InChI=1S/C24H25NO4/c1-16(2)18-5-3-17(4-6-18)14-25(20-9-10-20)23(26)15-28-21-11-7-19-8-12-24(27)29-22(19)13-21/h3-8,11-13,16,20H,9-10,14-15H2,1-2H3. The molecular weight excluding hydrogens is 366 g/mol. The molecule has 0 spiro atoms. The summed E-state index contributed by atoms with van der Waals surface area (Å²) in [4.78, 5) is 26.1. The second-order valence-electron chi connectivity index (χ2n) is 7.89. The van der Waals surface area contributed by atoms with Gasteiger partial charge in [0, 0.05) is 30.1 Å². The summed E-state index contributed by atoms with van der Waals surface area (Å²) < 4.78 is 10.9. The van der Waals surface area contributed by atoms with Gasteiger partial charge in [0.05, 0.1) is 0 Å². The lowest BCUT2D eigenvalue weighted by Crippen LogP contribution is -2.36. The number of nitrogens with zero attached hydrogens (tertiary/aromatic N) is 1. The number of ether oxygens (including phenoxy) is 1. The maximum absolute atomic E-state index is 12.8. The van der Waals surface area contributed by atoms with E-state index in [4.69, 9.17) is 9.15 Å². The quantitative estimate of drug-likeness (QED) is 0.557. The van der Waals surface area contributed by atoms with Gasteiger partial charge in [-0.15, -0.1) is 0 Å². The van der Waals surface area contributed by atoms with Crippen LogP contribution in [0, 0.1) is 0 Å². The fourth-order valence-corrected chi connectivity index (χ4v) is 3.37. The van der Waals surface area contributed by atoms with Gasteiger partial charge in [-0.2, -0.15) is 0 Å². The van der Waals surface area contributed by atoms with E-state index in [2.05, 4.69) is 38.1 Å². The van der Waals surface area contributed by atoms with Crippen molar-refractivity contribution in [2.24, 2.45) is 0 Å². The molecule has 29 heavy (non-hydrogen) atoms. The van der Waals surface area contributed by atoms with Crippen molar-refractivity contribution >= 4 is 16.9 Å². The molecule has 1 aliphatic carbocycles. The molecular formula is C24H25NO4. The van der Waals surface area contributed by atoms with Crippen molar-refractivity contribution in [3.8, 4) is 5.75 Å². The first-order chi connectivity index (χ1) is 14.0. The van der Waals surface area contributed by atoms with E-state index in [1.807, 2.05) is 11.0 Å². The molecule has 0 saturated heterocycles. The maximum atomic E-state index is 12.8. The van der Waals surface area contributed by atoms with Gasteiger partial charge in [0.15, 0.2) is 6.61 Å². The lowest BCUT2D eigenvalue weighted by atomic mass is 10.0. The highest BCUT2D eigenvalue weighted by molar-refractivity contribution is 5.80. The first-order valence-electron chi connectivity index (χ1n) is 10.0. The summed E-state index contributed by atoms with van der Waals surface area (Å²) >= 11 is 0. The van der Waals surface area contributed by atoms with E-state index in [9.17, 15) is 9.59 Å². The monoisotopic (exact) mass is 391 g/mol. The molecule has 1 amide bonds. The highest BCUT2D eigenvalue weighted by Gasteiger charge is 2.32. The van der Waals surface area contributed by atoms with Crippen LogP contribution in [0.2, 0.25) is 0 Å². The van der Waals surface area contributed by atoms with Crippen LogP contribution >= 0.6 is 0 Å². The number of carbonyl (C=O) groups excluding carboxylic acids is 1. The topological polar surface area (TPSA) is 59.8 Å². The Balaban J connectivity index is 1.42. The van der Waals surface area contributed by atoms with Crippen LogP contribution in [0.5, 0.6) is 5.75 Å². The minimum absolute atomic E-state index is 0.0324. The van der Waals surface area contributed by atoms with E-state index in [0.29, 0.717) is 29.8 Å². The minimum atomic E-state index is -0.408. The van der Waals surface area contributed by atoms with Crippen molar-refractivity contribution in [2.45, 2.75) is 45.2 Å². The Morgan fingerprint density at radius 1 is 1.10 bits per heavy atom. The Morgan fingerprint density at radius 3 is 2.52 bits per heavy atom. The summed E-state index contributed by atoms with van der Waals surface area (Å²) in [6, 6.07) is 17.1. The van der Waals surface area contributed by atoms with E-state index >= 15 is 0 Å². The number of fused-ring (bicyclic) bond motifs is 1. The highest BCUT2D eigenvalue weighted by atomic mass is 16.5. The predicted molar refractivity (Wildman–Crippen MR) is 112 cm³/mol. The molecule has 0 unspecified atom stereocenters. The summed E-state index contributed by atoms with van der Waals surface area (Å²) in [6.45, 7) is 4.90. The first kappa shape index (κ1) is 19.2. The number of hydrogen-bond donors (Lipinski definition) is 0. The minimum Gasteiger partial charge on any atom is -0.484 e. The molecule has 150 valence electrons. The molecule has 1 aliphatic rings. The largest absolute Gasteiger partial charge is 0.484 e. The molecule has 5 heteroatoms. The van der Waals surface area contributed by atoms with Crippen LogP contribution in [-0.2, 0) is 11.3 Å². The van der Waals surface area contributed by atoms with E-state index in [1.165, 1.54) is 11.6 Å². The lowest BCUT2D eigenvalue weighted by Gasteiger charge is -2.23. The second-order valence-corrected chi connectivity index (χ2v) is 7.89. The molecule has 4 rings (SSSR count). The van der Waals surface area contributed by atoms with E-state index in [0.717, 1.165) is 23.8 Å². The summed E-state index contributed by atoms with van der Waals surface area (Å²) in [5, 5.41) is 0.813. The molecule has 3 aromatic rings. The number of carbonyl (C=O) groups is 1. The van der Waals surface area contributed by atoms with Crippen molar-refractivity contribution < 1.29 is 13.9 Å². The average molecular weight is 391 g/mol. The number of rotatable bonds is 7. The van der Waals surface area contributed by atoms with Crippen LogP contribution in [-0.4, -0.2) is 23.5 Å². The zero-order valence-electron chi connectivity index (χ0n) is 16.8. The van der Waals surface area contributed by atoms with Gasteiger partial charge in [-0.3, -0.25) is 4.79 Å². The van der Waals surface area contributed by atoms with Gasteiger partial charge in [-0.1, -0.05) is 38.1 Å². The Kier molecular flexibility index (Phi) is 5.38. The summed E-state index contributed by atoms with van der Waals surface area (Å²) in [7, 11) is 0. The molecule has 0 bridgehead atoms. The Morgan fingerprint density at radius 2 is 1.83 bits per heavy atom. The number of amides is 1. The average Bonchev–Trinajstić information content (AvgIpc) is 3.55. The van der Waals surface area contributed by atoms with Gasteiger partial charge in [0.1, 0.15) is 11.3 Å². The zero-order chi connectivity index (χ0) is 20.4. The third kappa shape index (κ3) is 4.67. The van der Waals surface area contributed by atoms with Gasteiger partial charge in [0.25, 0.3) is 5.91 Å². The van der Waals surface area contributed by atoms with Gasteiger partial charge in [-0.25, -0.2) is 4.79 Å². The SMILES string of the molecule is CC(C)c1ccc(CN(C(=O)COc2ccc3ccc(=O)oc3c2)C2CC2)cc1. The van der Waals surface area contributed by atoms with Crippen LogP contribution in [0.3, 0.4) is 0 Å². The van der Waals surface area contributed by atoms with Gasteiger partial charge in [0.2, 0.25) is 0 Å². The first-order valence-corrected chi connectivity index (χ1v) is 10.0. The normalized spacial score (nSPS) is 13.6. The molecule has 1 saturated carbocycles. The van der Waals surface area contributed by atoms with E-state index in [-0.39, 0.29) is 12.5 Å². The Bertz CT molecular complexity index is 1060. The summed E-state index contributed by atoms with van der Waals surface area (Å²) in [5.74, 6) is 0.970. The smallest absolute Gasteiger partial charge is 0.336 e. The molecule has 0 atom stereocenters. The number of benzene rings is 2. The maximum Gasteiger partial charge on any atom is 0.336 e. The van der Waals surface area contributed by atoms with Crippen LogP contribution < -0.4 is 10.4 Å². The van der Waals surface area contributed by atoms with Crippen molar-refractivity contribution in [1.29, 1.82) is 0 Å². The summed E-state index contributed by atoms with van der Waals surface area (Å²) in [6.07, 6.45) is 2.08. The third-order valence-corrected chi connectivity index (χ3v) is 5.26. The van der Waals surface area contributed by atoms with E-state index < -0.39 is 5.63 Å². The fourth-order valence-electron chi connectivity index (χ4n) is 3.37. The van der Waals surface area contributed by atoms with Crippen molar-refractivity contribution in [2.75, 3.05) is 6.61 Å². The lowest BCUT2D eigenvalue weighted by molar-refractivity contribution is -0.134. The van der Waals surface area contributed by atoms with Crippen molar-refractivity contribution in [3.05, 3.63) is 76.1 Å². The molecule has 1 heterocycles. The molecule has 0 radical (unpaired) electrons. The van der Waals surface area contributed by atoms with Gasteiger partial charge in [-0.05, 0) is 48.1 Å². The molecule has 0 aliphatic heterocycles. The Hall–Kier alpha value is -3.08. The summed E-state index contributed by atoms with van der Waals surface area (Å²) in [5.41, 5.74) is 2.47. The van der Waals surface area contributed by atoms with Crippen LogP contribution in [0.1, 0.15) is 43.7 Å². The van der Waals surface area contributed by atoms with Crippen molar-refractivity contribution in [3.63, 3.8) is 0 Å². The molecule has 1 fully saturated rings. The van der Waals surface area contributed by atoms with Crippen LogP contribution in [0.25, 0.3) is 11.0 Å². The highest BCUT2D eigenvalue weighted by Crippen LogP contribution is 2.29. The zero-order valence-corrected chi connectivity index (χ0v) is 16.8.